The third-order valence-corrected chi connectivity index (χ3v) is 5.62. The van der Waals surface area contributed by atoms with Crippen LogP contribution in [0.2, 0.25) is 0 Å². The van der Waals surface area contributed by atoms with E-state index in [1.165, 1.54) is 11.9 Å². The van der Waals surface area contributed by atoms with E-state index in [-0.39, 0.29) is 11.3 Å². The zero-order valence-electron chi connectivity index (χ0n) is 14.7. The number of nitrogens with zero attached hydrogens (tertiary/aromatic N) is 5. The third kappa shape index (κ3) is 3.35. The van der Waals surface area contributed by atoms with E-state index in [1.807, 2.05) is 31.0 Å². The second kappa shape index (κ2) is 6.92. The fraction of sp³-hybridized carbons (Fsp3) is 0.263. The number of thioether (sulfide) groups is 1. The summed E-state index contributed by atoms with van der Waals surface area (Å²) in [5.41, 5.74) is 11.7. The molecule has 1 aromatic carbocycles. The van der Waals surface area contributed by atoms with Crippen LogP contribution in [0.25, 0.3) is 11.1 Å². The van der Waals surface area contributed by atoms with Crippen LogP contribution in [-0.4, -0.2) is 24.9 Å². The van der Waals surface area contributed by atoms with Crippen LogP contribution in [0, 0.1) is 6.92 Å². The molecular weight excluding hydrogens is 344 g/mol. The van der Waals surface area contributed by atoms with Gasteiger partial charge in [-0.2, -0.15) is 5.10 Å². The van der Waals surface area contributed by atoms with E-state index in [0.29, 0.717) is 5.17 Å². The lowest BCUT2D eigenvalue weighted by atomic mass is 9.96. The van der Waals surface area contributed by atoms with Gasteiger partial charge in [-0.15, -0.1) is 0 Å². The summed E-state index contributed by atoms with van der Waals surface area (Å²) >= 11 is 1.62. The molecule has 0 saturated carbocycles. The Morgan fingerprint density at radius 2 is 2.00 bits per heavy atom. The molecule has 3 heterocycles. The number of nitrogens with two attached hydrogens (primary N) is 1. The highest BCUT2D eigenvalue weighted by molar-refractivity contribution is 8.14. The monoisotopic (exact) mass is 364 g/mol. The Hall–Kier alpha value is -2.67. The molecule has 3 aromatic rings. The Labute approximate surface area is 156 Å². The van der Waals surface area contributed by atoms with Crippen LogP contribution < -0.4 is 5.73 Å². The Morgan fingerprint density at radius 3 is 2.73 bits per heavy atom. The fourth-order valence-electron chi connectivity index (χ4n) is 3.34. The molecule has 2 unspecified atom stereocenters. The SMILES string of the molecule is Cc1nn(C)cc1C1CC(c2cccc(-c3cncnc3)c2)N=C(N)S1. The van der Waals surface area contributed by atoms with Gasteiger partial charge in [-0.25, -0.2) is 9.97 Å². The number of aryl methyl sites for hydroxylation is 2. The first-order valence-electron chi connectivity index (χ1n) is 8.45. The minimum absolute atomic E-state index is 0.0328. The first-order valence-corrected chi connectivity index (χ1v) is 9.33. The topological polar surface area (TPSA) is 82.0 Å². The highest BCUT2D eigenvalue weighted by Gasteiger charge is 2.28. The molecule has 4 rings (SSSR count). The van der Waals surface area contributed by atoms with E-state index in [2.05, 4.69) is 45.5 Å². The molecule has 2 atom stereocenters. The highest BCUT2D eigenvalue weighted by atomic mass is 32.2. The number of rotatable bonds is 3. The van der Waals surface area contributed by atoms with E-state index in [1.54, 1.807) is 11.8 Å². The first-order chi connectivity index (χ1) is 12.6. The lowest BCUT2D eigenvalue weighted by Crippen LogP contribution is -2.18. The van der Waals surface area contributed by atoms with Crippen LogP contribution in [-0.2, 0) is 7.05 Å². The highest BCUT2D eigenvalue weighted by Crippen LogP contribution is 2.44. The molecule has 7 heteroatoms. The predicted octanol–water partition coefficient (Wildman–Crippen LogP) is 3.42. The summed E-state index contributed by atoms with van der Waals surface area (Å²) in [6.45, 7) is 2.04. The van der Waals surface area contributed by atoms with Gasteiger partial charge >= 0.3 is 0 Å². The second-order valence-electron chi connectivity index (χ2n) is 6.42. The van der Waals surface area contributed by atoms with Crippen LogP contribution in [0.5, 0.6) is 0 Å². The smallest absolute Gasteiger partial charge is 0.155 e. The van der Waals surface area contributed by atoms with Crippen molar-refractivity contribution >= 4 is 16.9 Å². The van der Waals surface area contributed by atoms with Crippen LogP contribution in [0.3, 0.4) is 0 Å². The van der Waals surface area contributed by atoms with Crippen molar-refractivity contribution in [1.82, 2.24) is 19.7 Å². The standard InChI is InChI=1S/C19H20N6S/c1-12-16(10-25(2)24-12)18-7-17(23-19(20)26-18)14-5-3-4-13(6-14)15-8-21-11-22-9-15/h3-6,8-11,17-18H,7H2,1-2H3,(H2,20,23). The Kier molecular flexibility index (Phi) is 4.46. The van der Waals surface area contributed by atoms with Crippen molar-refractivity contribution in [3.8, 4) is 11.1 Å². The van der Waals surface area contributed by atoms with Crippen molar-refractivity contribution in [3.63, 3.8) is 0 Å². The summed E-state index contributed by atoms with van der Waals surface area (Å²) in [5, 5.41) is 5.36. The van der Waals surface area contributed by atoms with Gasteiger partial charge in [0, 0.05) is 42.0 Å². The van der Waals surface area contributed by atoms with E-state index in [9.17, 15) is 0 Å². The summed E-state index contributed by atoms with van der Waals surface area (Å²) in [6, 6.07) is 8.41. The van der Waals surface area contributed by atoms with Crippen molar-refractivity contribution in [2.24, 2.45) is 17.8 Å². The average molecular weight is 364 g/mol. The zero-order valence-corrected chi connectivity index (χ0v) is 15.5. The van der Waals surface area contributed by atoms with Crippen molar-refractivity contribution < 1.29 is 0 Å². The van der Waals surface area contributed by atoms with Crippen LogP contribution in [0.4, 0.5) is 0 Å². The van der Waals surface area contributed by atoms with Crippen LogP contribution in [0.15, 0.2) is 54.2 Å². The van der Waals surface area contributed by atoms with Gasteiger partial charge in [0.2, 0.25) is 0 Å². The summed E-state index contributed by atoms with van der Waals surface area (Å²) in [6.07, 6.45) is 8.16. The largest absolute Gasteiger partial charge is 0.379 e. The van der Waals surface area contributed by atoms with Crippen molar-refractivity contribution in [3.05, 3.63) is 66.0 Å². The van der Waals surface area contributed by atoms with Gasteiger partial charge in [0.15, 0.2) is 5.17 Å². The minimum Gasteiger partial charge on any atom is -0.379 e. The van der Waals surface area contributed by atoms with Crippen molar-refractivity contribution in [2.45, 2.75) is 24.6 Å². The molecule has 6 nitrogen and oxygen atoms in total. The molecule has 0 saturated heterocycles. The van der Waals surface area contributed by atoms with E-state index in [4.69, 9.17) is 10.7 Å². The van der Waals surface area contributed by atoms with Crippen molar-refractivity contribution in [1.29, 1.82) is 0 Å². The quantitative estimate of drug-likeness (QED) is 0.770. The normalized spacial score (nSPS) is 20.0. The van der Waals surface area contributed by atoms with Gasteiger partial charge in [-0.05, 0) is 30.5 Å². The molecule has 1 aliphatic rings. The molecule has 26 heavy (non-hydrogen) atoms. The number of hydrogen-bond donors (Lipinski definition) is 1. The molecule has 2 N–H and O–H groups in total. The molecule has 0 spiro atoms. The maximum atomic E-state index is 6.16. The van der Waals surface area contributed by atoms with Gasteiger partial charge in [-0.3, -0.25) is 9.67 Å². The van der Waals surface area contributed by atoms with Gasteiger partial charge in [0.25, 0.3) is 0 Å². The first kappa shape index (κ1) is 16.8. The number of benzene rings is 1. The molecule has 0 bridgehead atoms. The summed E-state index contributed by atoms with van der Waals surface area (Å²) in [4.78, 5) is 12.9. The van der Waals surface area contributed by atoms with Gasteiger partial charge in [0.05, 0.1) is 11.7 Å². The maximum Gasteiger partial charge on any atom is 0.155 e. The molecule has 0 radical (unpaired) electrons. The molecular formula is C19H20N6S. The fourth-order valence-corrected chi connectivity index (χ4v) is 4.46. The van der Waals surface area contributed by atoms with Gasteiger partial charge in [0.1, 0.15) is 6.33 Å². The van der Waals surface area contributed by atoms with E-state index >= 15 is 0 Å². The molecule has 0 amide bonds. The Morgan fingerprint density at radius 1 is 1.19 bits per heavy atom. The third-order valence-electron chi connectivity index (χ3n) is 4.55. The maximum absolute atomic E-state index is 6.16. The number of aromatic nitrogens is 4. The number of aliphatic imine (C=N–C) groups is 1. The second-order valence-corrected chi connectivity index (χ2v) is 7.64. The molecule has 0 aliphatic carbocycles. The Bertz CT molecular complexity index is 950. The molecule has 0 fully saturated rings. The predicted molar refractivity (Wildman–Crippen MR) is 105 cm³/mol. The minimum atomic E-state index is 0.0328. The van der Waals surface area contributed by atoms with Crippen molar-refractivity contribution in [2.75, 3.05) is 0 Å². The molecule has 132 valence electrons. The molecule has 1 aliphatic heterocycles. The summed E-state index contributed by atoms with van der Waals surface area (Å²) < 4.78 is 1.86. The lowest BCUT2D eigenvalue weighted by Gasteiger charge is -2.26. The van der Waals surface area contributed by atoms with Crippen LogP contribution >= 0.6 is 11.8 Å². The lowest BCUT2D eigenvalue weighted by molar-refractivity contribution is 0.638. The average Bonchev–Trinajstić information content (AvgIpc) is 3.00. The van der Waals surface area contributed by atoms with E-state index in [0.717, 1.165) is 28.8 Å². The summed E-state index contributed by atoms with van der Waals surface area (Å²) in [5.74, 6) is 0. The van der Waals surface area contributed by atoms with Gasteiger partial charge < -0.3 is 5.73 Å². The Balaban J connectivity index is 1.65. The number of amidine groups is 1. The zero-order chi connectivity index (χ0) is 18.1. The number of hydrogen-bond acceptors (Lipinski definition) is 6. The summed E-state index contributed by atoms with van der Waals surface area (Å²) in [7, 11) is 1.95. The van der Waals surface area contributed by atoms with E-state index < -0.39 is 0 Å². The van der Waals surface area contributed by atoms with Crippen LogP contribution in [0.1, 0.15) is 34.5 Å². The van der Waals surface area contributed by atoms with Gasteiger partial charge in [-0.1, -0.05) is 30.0 Å². The molecule has 2 aromatic heterocycles.